The lowest BCUT2D eigenvalue weighted by atomic mass is 9.98. The summed E-state index contributed by atoms with van der Waals surface area (Å²) in [5.41, 5.74) is -0.618. The molecule has 0 spiro atoms. The molecule has 2 N–H and O–H groups in total. The van der Waals surface area contributed by atoms with Crippen LogP contribution in [0.15, 0.2) is 0 Å². The summed E-state index contributed by atoms with van der Waals surface area (Å²) in [6, 6.07) is 0.203. The molecule has 5 nitrogen and oxygen atoms in total. The van der Waals surface area contributed by atoms with Crippen molar-refractivity contribution in [3.8, 4) is 0 Å². The summed E-state index contributed by atoms with van der Waals surface area (Å²) in [6.45, 7) is 8.62. The number of rotatable bonds is 3. The van der Waals surface area contributed by atoms with Crippen molar-refractivity contribution in [3.05, 3.63) is 0 Å². The number of hydrogen-bond donors (Lipinski definition) is 2. The standard InChI is InChI=1S/C17H33N3O2/c1-15(14-19-10-5-3-4-6-11-19)18-16(21)20-12-7-8-17(2,22)9-13-20/h15,22H,3-14H2,1-2H3,(H,18,21)/t15-,17-/m0/s1. The maximum absolute atomic E-state index is 12.4. The minimum atomic E-state index is -0.618. The van der Waals surface area contributed by atoms with Crippen LogP contribution < -0.4 is 5.32 Å². The monoisotopic (exact) mass is 311 g/mol. The average molecular weight is 311 g/mol. The van der Waals surface area contributed by atoms with Crippen molar-refractivity contribution in [1.29, 1.82) is 0 Å². The number of amides is 2. The first-order valence-corrected chi connectivity index (χ1v) is 8.96. The molecule has 0 aromatic carbocycles. The second-order valence-electron chi connectivity index (χ2n) is 7.40. The van der Waals surface area contributed by atoms with Gasteiger partial charge in [0.1, 0.15) is 0 Å². The molecule has 0 saturated carbocycles. The van der Waals surface area contributed by atoms with Crippen LogP contribution in [0.1, 0.15) is 58.8 Å². The van der Waals surface area contributed by atoms with E-state index in [1.165, 1.54) is 25.7 Å². The first kappa shape index (κ1) is 17.5. The van der Waals surface area contributed by atoms with E-state index in [1.54, 1.807) is 0 Å². The zero-order chi connectivity index (χ0) is 16.0. The van der Waals surface area contributed by atoms with E-state index in [-0.39, 0.29) is 12.1 Å². The van der Waals surface area contributed by atoms with Gasteiger partial charge in [-0.25, -0.2) is 4.79 Å². The van der Waals surface area contributed by atoms with Gasteiger partial charge in [-0.2, -0.15) is 0 Å². The number of aliphatic hydroxyl groups is 1. The van der Waals surface area contributed by atoms with Crippen LogP contribution in [0.2, 0.25) is 0 Å². The number of nitrogens with one attached hydrogen (secondary N) is 1. The summed E-state index contributed by atoms with van der Waals surface area (Å²) < 4.78 is 0. The van der Waals surface area contributed by atoms with Crippen molar-refractivity contribution in [3.63, 3.8) is 0 Å². The highest BCUT2D eigenvalue weighted by Gasteiger charge is 2.27. The zero-order valence-corrected chi connectivity index (χ0v) is 14.3. The van der Waals surface area contributed by atoms with Crippen LogP contribution in [0, 0.1) is 0 Å². The largest absolute Gasteiger partial charge is 0.390 e. The molecule has 0 bridgehead atoms. The SMILES string of the molecule is C[C@@H](CN1CCCCCC1)NC(=O)N1CCC[C@](C)(O)CC1. The fourth-order valence-corrected chi connectivity index (χ4v) is 3.52. The van der Waals surface area contributed by atoms with Crippen molar-refractivity contribution in [2.24, 2.45) is 0 Å². The Labute approximate surface area is 135 Å². The Kier molecular flexibility index (Phi) is 6.50. The van der Waals surface area contributed by atoms with Gasteiger partial charge in [0.05, 0.1) is 5.60 Å². The lowest BCUT2D eigenvalue weighted by Gasteiger charge is -2.28. The molecule has 2 saturated heterocycles. The number of urea groups is 1. The molecular weight excluding hydrogens is 278 g/mol. The highest BCUT2D eigenvalue weighted by Crippen LogP contribution is 2.21. The molecule has 128 valence electrons. The number of nitrogens with zero attached hydrogens (tertiary/aromatic N) is 2. The fourth-order valence-electron chi connectivity index (χ4n) is 3.52. The Morgan fingerprint density at radius 2 is 1.77 bits per heavy atom. The van der Waals surface area contributed by atoms with Gasteiger partial charge in [-0.15, -0.1) is 0 Å². The van der Waals surface area contributed by atoms with Gasteiger partial charge in [-0.1, -0.05) is 12.8 Å². The van der Waals surface area contributed by atoms with Crippen LogP contribution in [0.5, 0.6) is 0 Å². The van der Waals surface area contributed by atoms with Gasteiger partial charge in [0, 0.05) is 25.7 Å². The van der Waals surface area contributed by atoms with Gasteiger partial charge in [-0.3, -0.25) is 0 Å². The summed E-state index contributed by atoms with van der Waals surface area (Å²) in [5, 5.41) is 13.2. The van der Waals surface area contributed by atoms with Crippen LogP contribution in [0.4, 0.5) is 4.79 Å². The molecule has 0 aromatic heterocycles. The van der Waals surface area contributed by atoms with E-state index >= 15 is 0 Å². The summed E-state index contributed by atoms with van der Waals surface area (Å²) in [7, 11) is 0. The van der Waals surface area contributed by atoms with E-state index in [0.717, 1.165) is 39.0 Å². The summed E-state index contributed by atoms with van der Waals surface area (Å²) in [4.78, 5) is 16.7. The van der Waals surface area contributed by atoms with Crippen LogP contribution in [-0.4, -0.2) is 65.3 Å². The van der Waals surface area contributed by atoms with Crippen molar-refractivity contribution < 1.29 is 9.90 Å². The molecule has 0 unspecified atom stereocenters. The van der Waals surface area contributed by atoms with Crippen molar-refractivity contribution in [2.45, 2.75) is 70.4 Å². The molecule has 0 aromatic rings. The lowest BCUT2D eigenvalue weighted by molar-refractivity contribution is 0.0456. The smallest absolute Gasteiger partial charge is 0.317 e. The molecule has 2 heterocycles. The van der Waals surface area contributed by atoms with Crippen LogP contribution in [0.25, 0.3) is 0 Å². The minimum Gasteiger partial charge on any atom is -0.390 e. The molecule has 22 heavy (non-hydrogen) atoms. The normalized spacial score (nSPS) is 29.5. The fraction of sp³-hybridized carbons (Fsp3) is 0.941. The quantitative estimate of drug-likeness (QED) is 0.840. The van der Waals surface area contributed by atoms with Crippen molar-refractivity contribution in [1.82, 2.24) is 15.1 Å². The number of carbonyl (C=O) groups is 1. The van der Waals surface area contributed by atoms with E-state index in [2.05, 4.69) is 17.1 Å². The number of hydrogen-bond acceptors (Lipinski definition) is 3. The van der Waals surface area contributed by atoms with Gasteiger partial charge in [-0.05, 0) is 59.0 Å². The van der Waals surface area contributed by atoms with Crippen molar-refractivity contribution in [2.75, 3.05) is 32.7 Å². The van der Waals surface area contributed by atoms with Gasteiger partial charge in [0.25, 0.3) is 0 Å². The van der Waals surface area contributed by atoms with Crippen LogP contribution >= 0.6 is 0 Å². The predicted octanol–water partition coefficient (Wildman–Crippen LogP) is 2.20. The maximum Gasteiger partial charge on any atom is 0.317 e. The molecule has 2 fully saturated rings. The van der Waals surface area contributed by atoms with Gasteiger partial charge in [0.15, 0.2) is 0 Å². The molecule has 2 aliphatic rings. The highest BCUT2D eigenvalue weighted by atomic mass is 16.3. The second kappa shape index (κ2) is 8.16. The molecule has 2 aliphatic heterocycles. The number of likely N-dealkylation sites (tertiary alicyclic amines) is 2. The molecule has 2 rings (SSSR count). The zero-order valence-electron chi connectivity index (χ0n) is 14.3. The van der Waals surface area contributed by atoms with E-state index < -0.39 is 5.60 Å². The van der Waals surface area contributed by atoms with Crippen molar-refractivity contribution >= 4 is 6.03 Å². The minimum absolute atomic E-state index is 0.0278. The molecule has 5 heteroatoms. The lowest BCUT2D eigenvalue weighted by Crippen LogP contribution is -2.48. The van der Waals surface area contributed by atoms with E-state index in [0.29, 0.717) is 13.0 Å². The predicted molar refractivity (Wildman–Crippen MR) is 88.9 cm³/mol. The Bertz CT molecular complexity index is 352. The van der Waals surface area contributed by atoms with E-state index in [4.69, 9.17) is 0 Å². The summed E-state index contributed by atoms with van der Waals surface area (Å²) in [5.74, 6) is 0. The van der Waals surface area contributed by atoms with Crippen LogP contribution in [-0.2, 0) is 0 Å². The third kappa shape index (κ3) is 5.76. The van der Waals surface area contributed by atoms with E-state index in [9.17, 15) is 9.90 Å². The van der Waals surface area contributed by atoms with Crippen LogP contribution in [0.3, 0.4) is 0 Å². The summed E-state index contributed by atoms with van der Waals surface area (Å²) in [6.07, 6.45) is 7.56. The molecule has 0 radical (unpaired) electrons. The first-order valence-electron chi connectivity index (χ1n) is 8.96. The van der Waals surface area contributed by atoms with Gasteiger partial charge < -0.3 is 20.2 Å². The van der Waals surface area contributed by atoms with Gasteiger partial charge >= 0.3 is 6.03 Å². The third-order valence-electron chi connectivity index (χ3n) is 4.95. The Morgan fingerprint density at radius 3 is 2.45 bits per heavy atom. The first-order chi connectivity index (χ1) is 10.5. The molecule has 0 aliphatic carbocycles. The van der Waals surface area contributed by atoms with Gasteiger partial charge in [0.2, 0.25) is 0 Å². The molecule has 2 atom stereocenters. The second-order valence-corrected chi connectivity index (χ2v) is 7.40. The Balaban J connectivity index is 1.75. The third-order valence-corrected chi connectivity index (χ3v) is 4.95. The highest BCUT2D eigenvalue weighted by molar-refractivity contribution is 5.74. The number of carbonyl (C=O) groups excluding carboxylic acids is 1. The Morgan fingerprint density at radius 1 is 1.09 bits per heavy atom. The topological polar surface area (TPSA) is 55.8 Å². The molecule has 2 amide bonds. The maximum atomic E-state index is 12.4. The average Bonchev–Trinajstić information content (AvgIpc) is 2.79. The molecular formula is C17H33N3O2. The Hall–Kier alpha value is -0.810. The van der Waals surface area contributed by atoms with E-state index in [1.807, 2.05) is 11.8 Å². The summed E-state index contributed by atoms with van der Waals surface area (Å²) >= 11 is 0.